The molecule has 2 amide bonds. The number of rotatable bonds is 11. The van der Waals surface area contributed by atoms with Gasteiger partial charge in [-0.05, 0) is 0 Å². The van der Waals surface area contributed by atoms with Gasteiger partial charge in [-0.1, -0.05) is 21.6 Å². The summed E-state index contributed by atoms with van der Waals surface area (Å²) in [4.78, 5) is 58.7. The van der Waals surface area contributed by atoms with Crippen molar-refractivity contribution in [3.8, 4) is 0 Å². The SMILES string of the molecule is NC(=O)C(N)CSSC[C@H](N)C(=O)N(CP(=O)(O)O)CP(=O)(O)O. The van der Waals surface area contributed by atoms with Gasteiger partial charge in [0.25, 0.3) is 0 Å². The summed E-state index contributed by atoms with van der Waals surface area (Å²) in [5.41, 5.74) is 15.9. The van der Waals surface area contributed by atoms with Crippen molar-refractivity contribution in [2.24, 2.45) is 17.2 Å². The molecule has 0 spiro atoms. The van der Waals surface area contributed by atoms with Crippen molar-refractivity contribution in [3.05, 3.63) is 0 Å². The van der Waals surface area contributed by atoms with Crippen molar-refractivity contribution < 1.29 is 38.3 Å². The van der Waals surface area contributed by atoms with Crippen LogP contribution in [0, 0.1) is 0 Å². The molecule has 10 N–H and O–H groups in total. The second kappa shape index (κ2) is 10.1. The lowest BCUT2D eigenvalue weighted by Crippen LogP contribution is -2.45. The zero-order chi connectivity index (χ0) is 19.1. The quantitative estimate of drug-likeness (QED) is 0.104. The van der Waals surface area contributed by atoms with E-state index in [1.165, 1.54) is 0 Å². The Hall–Kier alpha value is -0.140. The predicted molar refractivity (Wildman–Crippen MR) is 90.7 cm³/mol. The largest absolute Gasteiger partial charge is 0.368 e. The van der Waals surface area contributed by atoms with Gasteiger partial charge >= 0.3 is 15.2 Å². The molecule has 0 aromatic heterocycles. The minimum Gasteiger partial charge on any atom is -0.368 e. The summed E-state index contributed by atoms with van der Waals surface area (Å²) >= 11 is 0. The molecule has 0 saturated heterocycles. The zero-order valence-electron chi connectivity index (χ0n) is 12.3. The Balaban J connectivity index is 4.63. The fourth-order valence-electron chi connectivity index (χ4n) is 1.26. The van der Waals surface area contributed by atoms with E-state index in [2.05, 4.69) is 0 Å². The second-order valence-corrected chi connectivity index (χ2v) is 10.5. The topological polar surface area (TPSA) is 230 Å². The molecule has 0 aliphatic heterocycles. The van der Waals surface area contributed by atoms with E-state index in [4.69, 9.17) is 36.8 Å². The lowest BCUT2D eigenvalue weighted by molar-refractivity contribution is -0.130. The minimum absolute atomic E-state index is 0.0339. The van der Waals surface area contributed by atoms with Crippen LogP contribution >= 0.6 is 36.8 Å². The number of nitrogens with two attached hydrogens (primary N) is 3. The summed E-state index contributed by atoms with van der Waals surface area (Å²) in [7, 11) is -7.30. The Morgan fingerprint density at radius 3 is 1.62 bits per heavy atom. The first-order valence-electron chi connectivity index (χ1n) is 6.16. The molecule has 0 aromatic rings. The number of hydrogen-bond donors (Lipinski definition) is 7. The van der Waals surface area contributed by atoms with Crippen molar-refractivity contribution in [1.29, 1.82) is 0 Å². The lowest BCUT2D eigenvalue weighted by atomic mass is 10.3. The molecule has 12 nitrogen and oxygen atoms in total. The lowest BCUT2D eigenvalue weighted by Gasteiger charge is -2.25. The molecule has 142 valence electrons. The number of primary amides is 1. The van der Waals surface area contributed by atoms with Crippen LogP contribution in [-0.2, 0) is 18.7 Å². The third kappa shape index (κ3) is 11.4. The van der Waals surface area contributed by atoms with Crippen molar-refractivity contribution in [2.45, 2.75) is 12.1 Å². The summed E-state index contributed by atoms with van der Waals surface area (Å²) in [6.07, 6.45) is -2.32. The summed E-state index contributed by atoms with van der Waals surface area (Å²) in [6.45, 7) is 0. The Morgan fingerprint density at radius 2 is 1.29 bits per heavy atom. The molecule has 0 saturated carbocycles. The first kappa shape index (κ1) is 23.9. The number of carbonyl (C=O) groups excluding carboxylic acids is 2. The molecule has 1 unspecified atom stereocenters. The van der Waals surface area contributed by atoms with E-state index in [-0.39, 0.29) is 11.5 Å². The minimum atomic E-state index is -4.73. The summed E-state index contributed by atoms with van der Waals surface area (Å²) in [5, 5.41) is 0. The van der Waals surface area contributed by atoms with Crippen molar-refractivity contribution in [1.82, 2.24) is 4.90 Å². The van der Waals surface area contributed by atoms with E-state index in [1.807, 2.05) is 0 Å². The maximum Gasteiger partial charge on any atom is 0.344 e. The van der Waals surface area contributed by atoms with Crippen LogP contribution < -0.4 is 17.2 Å². The molecular formula is C8H20N4O8P2S2. The molecule has 0 rings (SSSR count). The highest BCUT2D eigenvalue weighted by Crippen LogP contribution is 2.41. The molecule has 0 aliphatic rings. The molecule has 0 bridgehead atoms. The molecule has 0 heterocycles. The molecule has 16 heteroatoms. The van der Waals surface area contributed by atoms with Crippen molar-refractivity contribution >= 4 is 48.6 Å². The monoisotopic (exact) mass is 426 g/mol. The summed E-state index contributed by atoms with van der Waals surface area (Å²) in [5.74, 6) is -1.59. The van der Waals surface area contributed by atoms with Crippen LogP contribution in [0.4, 0.5) is 0 Å². The normalized spacial score (nSPS) is 14.9. The van der Waals surface area contributed by atoms with Crippen LogP contribution in [0.5, 0.6) is 0 Å². The van der Waals surface area contributed by atoms with Gasteiger partial charge in [-0.25, -0.2) is 0 Å². The highest BCUT2D eigenvalue weighted by Gasteiger charge is 2.32. The maximum absolute atomic E-state index is 12.0. The van der Waals surface area contributed by atoms with Gasteiger partial charge in [0.05, 0.1) is 12.1 Å². The second-order valence-electron chi connectivity index (χ2n) is 4.67. The van der Waals surface area contributed by atoms with Gasteiger partial charge in [-0.3, -0.25) is 18.7 Å². The molecule has 2 atom stereocenters. The average Bonchev–Trinajstić information content (AvgIpc) is 2.38. The van der Waals surface area contributed by atoms with Crippen molar-refractivity contribution in [3.63, 3.8) is 0 Å². The molecule has 0 aliphatic carbocycles. The smallest absolute Gasteiger partial charge is 0.344 e. The van der Waals surface area contributed by atoms with Gasteiger partial charge in [0.1, 0.15) is 12.6 Å². The molecule has 0 radical (unpaired) electrons. The molecule has 0 fully saturated rings. The van der Waals surface area contributed by atoms with Gasteiger partial charge in [0.2, 0.25) is 11.8 Å². The predicted octanol–water partition coefficient (Wildman–Crippen LogP) is -2.39. The van der Waals surface area contributed by atoms with Gasteiger partial charge in [0.15, 0.2) is 0 Å². The fourth-order valence-corrected chi connectivity index (χ4v) is 5.04. The Kier molecular flexibility index (Phi) is 10.1. The zero-order valence-corrected chi connectivity index (χ0v) is 15.7. The number of hydrogen-bond acceptors (Lipinski definition) is 8. The van der Waals surface area contributed by atoms with Crippen LogP contribution in [0.2, 0.25) is 0 Å². The maximum atomic E-state index is 12.0. The van der Waals surface area contributed by atoms with Crippen LogP contribution in [0.3, 0.4) is 0 Å². The third-order valence-corrected chi connectivity index (χ3v) is 6.18. The van der Waals surface area contributed by atoms with Crippen molar-refractivity contribution in [2.75, 3.05) is 24.1 Å². The van der Waals surface area contributed by atoms with Gasteiger partial charge in [0, 0.05) is 11.5 Å². The standard InChI is InChI=1S/C8H20N4O8P2S2/c9-5(7(11)13)1-23-24-2-6(10)8(14)12(3-21(15,16)17)4-22(18,19)20/h5-6H,1-4,9-10H2,(H2,11,13)(H2,15,16,17)(H2,18,19,20)/t5?,6-/m0/s1. The van der Waals surface area contributed by atoms with E-state index < -0.39 is 51.7 Å². The summed E-state index contributed by atoms with van der Waals surface area (Å²) in [6, 6.07) is -2.14. The summed E-state index contributed by atoms with van der Waals surface area (Å²) < 4.78 is 22.0. The van der Waals surface area contributed by atoms with E-state index >= 15 is 0 Å². The van der Waals surface area contributed by atoms with Crippen LogP contribution in [0.25, 0.3) is 0 Å². The molecular weight excluding hydrogens is 406 g/mol. The Bertz CT molecular complexity index is 516. The third-order valence-electron chi connectivity index (χ3n) is 2.28. The number of amides is 2. The first-order valence-corrected chi connectivity index (χ1v) is 12.2. The van der Waals surface area contributed by atoms with Crippen LogP contribution in [0.1, 0.15) is 0 Å². The highest BCUT2D eigenvalue weighted by molar-refractivity contribution is 8.76. The van der Waals surface area contributed by atoms with Gasteiger partial charge < -0.3 is 41.7 Å². The Labute approximate surface area is 145 Å². The number of carbonyl (C=O) groups is 2. The fraction of sp³-hybridized carbons (Fsp3) is 0.750. The van der Waals surface area contributed by atoms with E-state index in [0.717, 1.165) is 21.6 Å². The average molecular weight is 426 g/mol. The molecule has 0 aromatic carbocycles. The molecule has 24 heavy (non-hydrogen) atoms. The van der Waals surface area contributed by atoms with Gasteiger partial charge in [-0.15, -0.1) is 0 Å². The van der Waals surface area contributed by atoms with Crippen LogP contribution in [-0.4, -0.2) is 72.4 Å². The highest BCUT2D eigenvalue weighted by atomic mass is 33.1. The van der Waals surface area contributed by atoms with E-state index in [1.54, 1.807) is 0 Å². The van der Waals surface area contributed by atoms with Gasteiger partial charge in [-0.2, -0.15) is 0 Å². The van der Waals surface area contributed by atoms with E-state index in [9.17, 15) is 18.7 Å². The Morgan fingerprint density at radius 1 is 0.917 bits per heavy atom. The van der Waals surface area contributed by atoms with Crippen LogP contribution in [0.15, 0.2) is 0 Å². The first-order chi connectivity index (χ1) is 10.7. The number of nitrogens with zero attached hydrogens (tertiary/aromatic N) is 1. The van der Waals surface area contributed by atoms with E-state index in [0.29, 0.717) is 4.90 Å².